The Kier molecular flexibility index (Phi) is 5.76. The summed E-state index contributed by atoms with van der Waals surface area (Å²) in [5.74, 6) is 0.269. The van der Waals surface area contributed by atoms with Gasteiger partial charge in [0.2, 0.25) is 5.91 Å². The Bertz CT molecular complexity index is 729. The molecule has 0 aliphatic heterocycles. The molecule has 23 heavy (non-hydrogen) atoms. The van der Waals surface area contributed by atoms with Crippen molar-refractivity contribution in [2.75, 3.05) is 6.54 Å². The first kappa shape index (κ1) is 17.5. The van der Waals surface area contributed by atoms with E-state index in [1.54, 1.807) is 4.57 Å². The zero-order chi connectivity index (χ0) is 17.0. The van der Waals surface area contributed by atoms with Gasteiger partial charge in [-0.3, -0.25) is 14.3 Å². The van der Waals surface area contributed by atoms with Crippen LogP contribution in [0.25, 0.3) is 0 Å². The normalized spacial score (nSPS) is 12.3. The highest BCUT2D eigenvalue weighted by atomic mass is 32.1. The smallest absolute Gasteiger partial charge is 0.307 e. The molecule has 1 amide bonds. The second-order valence-electron chi connectivity index (χ2n) is 6.06. The first-order valence-electron chi connectivity index (χ1n) is 7.79. The third kappa shape index (κ3) is 4.79. The lowest BCUT2D eigenvalue weighted by Crippen LogP contribution is -2.31. The lowest BCUT2D eigenvalue weighted by atomic mass is 10.2. The van der Waals surface area contributed by atoms with Crippen LogP contribution < -0.4 is 10.2 Å². The monoisotopic (exact) mass is 336 g/mol. The Balaban J connectivity index is 1.75. The molecule has 0 saturated carbocycles. The summed E-state index contributed by atoms with van der Waals surface area (Å²) in [6.07, 6.45) is 0.324. The maximum Gasteiger partial charge on any atom is 0.307 e. The van der Waals surface area contributed by atoms with Gasteiger partial charge in [-0.1, -0.05) is 18.3 Å². The molecule has 7 heteroatoms. The Labute approximate surface area is 140 Å². The van der Waals surface area contributed by atoms with E-state index in [0.29, 0.717) is 25.4 Å². The Morgan fingerprint density at radius 2 is 2.09 bits per heavy atom. The standard InChI is InChI=1S/C16H24N4O2S/c1-11(9-20-13(3)7-12(2)18-20)8-17-15(21)5-6-19-14(4)10-23-16(19)22/h7,10-11H,5-6,8-9H2,1-4H3,(H,17,21)/t11-/m1/s1. The minimum atomic E-state index is -0.0253. The van der Waals surface area contributed by atoms with Crippen LogP contribution in [0.15, 0.2) is 16.2 Å². The fraction of sp³-hybridized carbons (Fsp3) is 0.562. The topological polar surface area (TPSA) is 68.9 Å². The van der Waals surface area contributed by atoms with Gasteiger partial charge in [-0.15, -0.1) is 0 Å². The molecular formula is C16H24N4O2S. The van der Waals surface area contributed by atoms with Gasteiger partial charge in [0.15, 0.2) is 0 Å². The van der Waals surface area contributed by atoms with E-state index in [0.717, 1.165) is 23.6 Å². The Hall–Kier alpha value is -1.89. The van der Waals surface area contributed by atoms with Crippen molar-refractivity contribution in [3.63, 3.8) is 0 Å². The number of thiazole rings is 1. The van der Waals surface area contributed by atoms with Crippen molar-refractivity contribution in [3.05, 3.63) is 38.2 Å². The summed E-state index contributed by atoms with van der Waals surface area (Å²) >= 11 is 1.17. The molecule has 1 N–H and O–H groups in total. The molecule has 1 atom stereocenters. The van der Waals surface area contributed by atoms with Crippen molar-refractivity contribution >= 4 is 17.2 Å². The number of hydrogen-bond acceptors (Lipinski definition) is 4. The number of carbonyl (C=O) groups is 1. The van der Waals surface area contributed by atoms with Gasteiger partial charge in [-0.05, 0) is 32.8 Å². The Morgan fingerprint density at radius 1 is 1.35 bits per heavy atom. The van der Waals surface area contributed by atoms with E-state index in [9.17, 15) is 9.59 Å². The largest absolute Gasteiger partial charge is 0.356 e. The van der Waals surface area contributed by atoms with Crippen LogP contribution in [0.1, 0.15) is 30.4 Å². The minimum absolute atomic E-state index is 0.00630. The van der Waals surface area contributed by atoms with E-state index in [1.165, 1.54) is 11.3 Å². The summed E-state index contributed by atoms with van der Waals surface area (Å²) < 4.78 is 3.62. The van der Waals surface area contributed by atoms with E-state index >= 15 is 0 Å². The average Bonchev–Trinajstić information content (AvgIpc) is 2.97. The average molecular weight is 336 g/mol. The molecule has 0 aliphatic carbocycles. The summed E-state index contributed by atoms with van der Waals surface area (Å²) in [4.78, 5) is 23.5. The molecular weight excluding hydrogens is 312 g/mol. The van der Waals surface area contributed by atoms with E-state index in [-0.39, 0.29) is 10.8 Å². The highest BCUT2D eigenvalue weighted by Crippen LogP contribution is 2.06. The molecule has 0 radical (unpaired) electrons. The zero-order valence-corrected chi connectivity index (χ0v) is 14.9. The van der Waals surface area contributed by atoms with Crippen molar-refractivity contribution < 1.29 is 4.79 Å². The van der Waals surface area contributed by atoms with Gasteiger partial charge in [0.1, 0.15) is 0 Å². The van der Waals surface area contributed by atoms with E-state index in [2.05, 4.69) is 17.3 Å². The molecule has 0 aromatic carbocycles. The number of amides is 1. The van der Waals surface area contributed by atoms with Crippen molar-refractivity contribution in [3.8, 4) is 0 Å². The second kappa shape index (κ2) is 7.59. The predicted molar refractivity (Wildman–Crippen MR) is 91.8 cm³/mol. The lowest BCUT2D eigenvalue weighted by molar-refractivity contribution is -0.121. The molecule has 0 saturated heterocycles. The highest BCUT2D eigenvalue weighted by Gasteiger charge is 2.10. The SMILES string of the molecule is Cc1cc(C)n(C[C@H](C)CNC(=O)CCn2c(C)csc2=O)n1. The summed E-state index contributed by atoms with van der Waals surface area (Å²) in [7, 11) is 0. The number of nitrogens with zero attached hydrogens (tertiary/aromatic N) is 3. The van der Waals surface area contributed by atoms with E-state index in [4.69, 9.17) is 0 Å². The van der Waals surface area contributed by atoms with Crippen molar-refractivity contribution in [1.82, 2.24) is 19.7 Å². The molecule has 2 rings (SSSR count). The van der Waals surface area contributed by atoms with E-state index in [1.807, 2.05) is 36.9 Å². The number of aryl methyl sites for hydroxylation is 3. The molecule has 2 heterocycles. The van der Waals surface area contributed by atoms with Crippen LogP contribution in [0.4, 0.5) is 0 Å². The van der Waals surface area contributed by atoms with Gasteiger partial charge >= 0.3 is 4.87 Å². The van der Waals surface area contributed by atoms with Crippen LogP contribution in [0.3, 0.4) is 0 Å². The van der Waals surface area contributed by atoms with Gasteiger partial charge < -0.3 is 9.88 Å². The van der Waals surface area contributed by atoms with Crippen molar-refractivity contribution in [1.29, 1.82) is 0 Å². The zero-order valence-electron chi connectivity index (χ0n) is 14.1. The van der Waals surface area contributed by atoms with Gasteiger partial charge in [0.25, 0.3) is 0 Å². The van der Waals surface area contributed by atoms with Crippen molar-refractivity contribution in [2.24, 2.45) is 5.92 Å². The van der Waals surface area contributed by atoms with Gasteiger partial charge in [-0.2, -0.15) is 5.10 Å². The number of rotatable bonds is 7. The van der Waals surface area contributed by atoms with Crippen LogP contribution in [-0.2, 0) is 17.9 Å². The number of nitrogens with one attached hydrogen (secondary N) is 1. The summed E-state index contributed by atoms with van der Waals surface area (Å²) in [5, 5.41) is 9.19. The second-order valence-corrected chi connectivity index (χ2v) is 6.88. The lowest BCUT2D eigenvalue weighted by Gasteiger charge is -2.14. The number of hydrogen-bond donors (Lipinski definition) is 1. The van der Waals surface area contributed by atoms with Crippen molar-refractivity contribution in [2.45, 2.75) is 47.2 Å². The fourth-order valence-electron chi connectivity index (χ4n) is 2.48. The van der Waals surface area contributed by atoms with Crippen LogP contribution in [0, 0.1) is 26.7 Å². The molecule has 0 aliphatic rings. The third-order valence-electron chi connectivity index (χ3n) is 3.77. The first-order valence-corrected chi connectivity index (χ1v) is 8.67. The molecule has 2 aromatic rings. The Morgan fingerprint density at radius 3 is 2.65 bits per heavy atom. The van der Waals surface area contributed by atoms with Crippen LogP contribution in [-0.4, -0.2) is 26.8 Å². The minimum Gasteiger partial charge on any atom is -0.356 e. The third-order valence-corrected chi connectivity index (χ3v) is 4.66. The van der Waals surface area contributed by atoms with Crippen LogP contribution >= 0.6 is 11.3 Å². The fourth-order valence-corrected chi connectivity index (χ4v) is 3.25. The molecule has 2 aromatic heterocycles. The van der Waals surface area contributed by atoms with Gasteiger partial charge in [0.05, 0.1) is 5.69 Å². The molecule has 0 bridgehead atoms. The maximum atomic E-state index is 11.9. The summed E-state index contributed by atoms with van der Waals surface area (Å²) in [6.45, 7) is 9.80. The molecule has 0 spiro atoms. The van der Waals surface area contributed by atoms with Gasteiger partial charge in [0, 0.05) is 42.8 Å². The first-order chi connectivity index (χ1) is 10.9. The maximum absolute atomic E-state index is 11.9. The molecule has 126 valence electrons. The molecule has 0 unspecified atom stereocenters. The quantitative estimate of drug-likeness (QED) is 0.839. The van der Waals surface area contributed by atoms with Crippen LogP contribution in [0.5, 0.6) is 0 Å². The van der Waals surface area contributed by atoms with E-state index < -0.39 is 0 Å². The summed E-state index contributed by atoms with van der Waals surface area (Å²) in [5.41, 5.74) is 3.05. The number of carbonyl (C=O) groups excluding carboxylic acids is 1. The number of aromatic nitrogens is 3. The highest BCUT2D eigenvalue weighted by molar-refractivity contribution is 7.07. The molecule has 6 nitrogen and oxygen atoms in total. The molecule has 0 fully saturated rings. The van der Waals surface area contributed by atoms with Gasteiger partial charge in [-0.25, -0.2) is 0 Å². The predicted octanol–water partition coefficient (Wildman–Crippen LogP) is 1.87. The summed E-state index contributed by atoms with van der Waals surface area (Å²) in [6, 6.07) is 2.05. The van der Waals surface area contributed by atoms with Crippen LogP contribution in [0.2, 0.25) is 0 Å².